The van der Waals surface area contributed by atoms with Crippen LogP contribution < -0.4 is 10.1 Å². The van der Waals surface area contributed by atoms with Crippen LogP contribution >= 0.6 is 0 Å². The maximum absolute atomic E-state index is 6.65. The van der Waals surface area contributed by atoms with Crippen molar-refractivity contribution in [3.63, 3.8) is 0 Å². The van der Waals surface area contributed by atoms with E-state index in [0.29, 0.717) is 5.95 Å². The van der Waals surface area contributed by atoms with Crippen molar-refractivity contribution in [2.75, 3.05) is 5.32 Å². The Bertz CT molecular complexity index is 1310. The van der Waals surface area contributed by atoms with Gasteiger partial charge in [0, 0.05) is 23.5 Å². The number of hydrogen-bond donors (Lipinski definition) is 1. The fourth-order valence-corrected chi connectivity index (χ4v) is 4.46. The summed E-state index contributed by atoms with van der Waals surface area (Å²) in [5, 5.41) is 8.09. The summed E-state index contributed by atoms with van der Waals surface area (Å²) >= 11 is 0. The minimum absolute atomic E-state index is 0.178. The predicted molar refractivity (Wildman–Crippen MR) is 119 cm³/mol. The Balaban J connectivity index is 1.64. The summed E-state index contributed by atoms with van der Waals surface area (Å²) in [5.74, 6) is 1.57. The Kier molecular flexibility index (Phi) is 3.93. The van der Waals surface area contributed by atoms with Crippen LogP contribution in [0.25, 0.3) is 5.70 Å². The molecule has 4 aromatic rings. The molecule has 2 atom stereocenters. The van der Waals surface area contributed by atoms with Gasteiger partial charge in [0.25, 0.3) is 0 Å². The lowest BCUT2D eigenvalue weighted by Crippen LogP contribution is -2.32. The number of aryl methyl sites for hydroxylation is 2. The lowest BCUT2D eigenvalue weighted by molar-refractivity contribution is 0.223. The smallest absolute Gasteiger partial charge is 0.226 e. The molecule has 0 bridgehead atoms. The Morgan fingerprint density at radius 3 is 2.61 bits per heavy atom. The van der Waals surface area contributed by atoms with Gasteiger partial charge in [-0.05, 0) is 43.2 Å². The maximum Gasteiger partial charge on any atom is 0.226 e. The van der Waals surface area contributed by atoms with Crippen LogP contribution in [-0.4, -0.2) is 19.7 Å². The number of anilines is 1. The van der Waals surface area contributed by atoms with Crippen molar-refractivity contribution in [2.45, 2.75) is 26.0 Å². The van der Waals surface area contributed by atoms with Crippen molar-refractivity contribution in [1.82, 2.24) is 19.7 Å². The molecule has 2 aliphatic heterocycles. The zero-order valence-electron chi connectivity index (χ0n) is 17.3. The fraction of sp³-hybridized carbons (Fsp3) is 0.160. The first-order chi connectivity index (χ1) is 15.2. The van der Waals surface area contributed by atoms with E-state index < -0.39 is 0 Å². The molecular formula is C25H21N5O. The monoisotopic (exact) mass is 407 g/mol. The second-order valence-corrected chi connectivity index (χ2v) is 8.08. The predicted octanol–water partition coefficient (Wildman–Crippen LogP) is 4.85. The van der Waals surface area contributed by atoms with E-state index in [1.807, 2.05) is 16.9 Å². The van der Waals surface area contributed by atoms with E-state index in [1.54, 1.807) is 12.5 Å². The molecule has 2 unspecified atom stereocenters. The minimum atomic E-state index is -0.263. The number of hydrogen-bond acceptors (Lipinski definition) is 5. The van der Waals surface area contributed by atoms with Crippen LogP contribution in [0.4, 0.5) is 5.95 Å². The first kappa shape index (κ1) is 17.9. The first-order valence-corrected chi connectivity index (χ1v) is 10.3. The number of ether oxygens (including phenoxy) is 1. The normalized spacial score (nSPS) is 19.0. The van der Waals surface area contributed by atoms with E-state index in [-0.39, 0.29) is 12.1 Å². The minimum Gasteiger partial charge on any atom is -0.480 e. The molecular weight excluding hydrogens is 386 g/mol. The molecule has 4 heterocycles. The van der Waals surface area contributed by atoms with E-state index in [1.165, 1.54) is 11.1 Å². The summed E-state index contributed by atoms with van der Waals surface area (Å²) in [7, 11) is 0. The largest absolute Gasteiger partial charge is 0.480 e. The van der Waals surface area contributed by atoms with Crippen LogP contribution in [0.2, 0.25) is 0 Å². The number of nitrogens with one attached hydrogen (secondary N) is 1. The number of rotatable bonds is 2. The van der Waals surface area contributed by atoms with E-state index in [9.17, 15) is 0 Å². The van der Waals surface area contributed by atoms with Gasteiger partial charge < -0.3 is 10.1 Å². The first-order valence-electron chi connectivity index (χ1n) is 10.3. The van der Waals surface area contributed by atoms with E-state index >= 15 is 0 Å². The van der Waals surface area contributed by atoms with Gasteiger partial charge in [0.15, 0.2) is 0 Å². The van der Waals surface area contributed by atoms with Crippen LogP contribution in [0, 0.1) is 13.8 Å². The lowest BCUT2D eigenvalue weighted by Gasteiger charge is -2.39. The van der Waals surface area contributed by atoms with Gasteiger partial charge >= 0.3 is 0 Å². The molecule has 6 heteroatoms. The van der Waals surface area contributed by atoms with Gasteiger partial charge in [0.2, 0.25) is 5.95 Å². The van der Waals surface area contributed by atoms with Crippen molar-refractivity contribution in [3.05, 3.63) is 107 Å². The number of benzene rings is 2. The Morgan fingerprint density at radius 2 is 1.81 bits per heavy atom. The topological polar surface area (TPSA) is 64.9 Å². The molecule has 0 saturated carbocycles. The molecule has 0 fully saturated rings. The van der Waals surface area contributed by atoms with E-state index in [4.69, 9.17) is 4.74 Å². The highest BCUT2D eigenvalue weighted by Gasteiger charge is 2.41. The van der Waals surface area contributed by atoms with Gasteiger partial charge in [-0.1, -0.05) is 47.5 Å². The number of fused-ring (bicyclic) bond motifs is 3. The Labute approximate surface area is 180 Å². The molecule has 0 aliphatic carbocycles. The second kappa shape index (κ2) is 6.80. The molecule has 0 amide bonds. The highest BCUT2D eigenvalue weighted by Crippen LogP contribution is 2.50. The van der Waals surface area contributed by atoms with Crippen molar-refractivity contribution < 1.29 is 4.74 Å². The quantitative estimate of drug-likeness (QED) is 0.515. The van der Waals surface area contributed by atoms with Gasteiger partial charge in [-0.2, -0.15) is 10.1 Å². The molecule has 0 saturated heterocycles. The molecule has 2 aromatic carbocycles. The van der Waals surface area contributed by atoms with Crippen LogP contribution in [-0.2, 0) is 0 Å². The molecule has 2 aromatic heterocycles. The second-order valence-electron chi connectivity index (χ2n) is 8.08. The third-order valence-corrected chi connectivity index (χ3v) is 5.95. The van der Waals surface area contributed by atoms with Gasteiger partial charge in [0.05, 0.1) is 5.70 Å². The highest BCUT2D eigenvalue weighted by atomic mass is 16.5. The summed E-state index contributed by atoms with van der Waals surface area (Å²) in [4.78, 5) is 8.85. The van der Waals surface area contributed by atoms with Gasteiger partial charge in [0.1, 0.15) is 24.2 Å². The van der Waals surface area contributed by atoms with Gasteiger partial charge in [-0.25, -0.2) is 4.68 Å². The lowest BCUT2D eigenvalue weighted by atomic mass is 9.84. The number of aromatic nitrogens is 4. The average Bonchev–Trinajstić information content (AvgIpc) is 3.27. The molecule has 1 N–H and O–H groups in total. The Morgan fingerprint density at radius 1 is 0.968 bits per heavy atom. The summed E-state index contributed by atoms with van der Waals surface area (Å²) in [6.07, 6.45) is 5.00. The van der Waals surface area contributed by atoms with Crippen LogP contribution in [0.15, 0.2) is 78.9 Å². The molecule has 31 heavy (non-hydrogen) atoms. The zero-order chi connectivity index (χ0) is 20.9. The number of nitrogens with zero attached hydrogens (tertiary/aromatic N) is 4. The number of pyridine rings is 1. The van der Waals surface area contributed by atoms with Crippen LogP contribution in [0.3, 0.4) is 0 Å². The van der Waals surface area contributed by atoms with Gasteiger partial charge in [-0.3, -0.25) is 4.98 Å². The van der Waals surface area contributed by atoms with Crippen molar-refractivity contribution in [2.24, 2.45) is 0 Å². The van der Waals surface area contributed by atoms with E-state index in [2.05, 4.69) is 82.8 Å². The highest BCUT2D eigenvalue weighted by molar-refractivity contribution is 5.85. The zero-order valence-corrected chi connectivity index (χ0v) is 17.3. The summed E-state index contributed by atoms with van der Waals surface area (Å²) in [6, 6.07) is 18.7. The third kappa shape index (κ3) is 2.83. The summed E-state index contributed by atoms with van der Waals surface area (Å²) < 4.78 is 8.56. The maximum atomic E-state index is 6.65. The van der Waals surface area contributed by atoms with Crippen molar-refractivity contribution in [3.8, 4) is 5.75 Å². The molecule has 0 spiro atoms. The molecule has 6 rings (SSSR count). The molecule has 0 radical (unpaired) electrons. The SMILES string of the molecule is Cc1ccc(C2Oc3ccc(C)cc3C3=C2C(c2cccnc2)n2ncnc2N3)cc1. The third-order valence-electron chi connectivity index (χ3n) is 5.95. The van der Waals surface area contributed by atoms with Crippen molar-refractivity contribution >= 4 is 11.6 Å². The fourth-order valence-electron chi connectivity index (χ4n) is 4.46. The summed E-state index contributed by atoms with van der Waals surface area (Å²) in [5.41, 5.74) is 7.71. The van der Waals surface area contributed by atoms with Crippen LogP contribution in [0.5, 0.6) is 5.75 Å². The average molecular weight is 407 g/mol. The Hall–Kier alpha value is -3.93. The van der Waals surface area contributed by atoms with Crippen LogP contribution in [0.1, 0.15) is 40.0 Å². The molecule has 6 nitrogen and oxygen atoms in total. The van der Waals surface area contributed by atoms with Crippen molar-refractivity contribution in [1.29, 1.82) is 0 Å². The molecule has 2 aliphatic rings. The molecule has 152 valence electrons. The standard InChI is InChI=1S/C25H21N5O/c1-15-5-8-17(9-6-15)24-21-22(19-12-16(2)7-10-20(19)31-24)29-25-27-14-28-30(25)23(21)18-4-3-11-26-13-18/h3-14,23-24H,1-2H3,(H,27,28,29). The van der Waals surface area contributed by atoms with Gasteiger partial charge in [-0.15, -0.1) is 0 Å². The summed E-state index contributed by atoms with van der Waals surface area (Å²) in [6.45, 7) is 4.19. The van der Waals surface area contributed by atoms with E-state index in [0.717, 1.165) is 33.7 Å².